The Labute approximate surface area is 141 Å². The van der Waals surface area contributed by atoms with E-state index in [1.54, 1.807) is 0 Å². The molecule has 0 spiro atoms. The Kier molecular flexibility index (Phi) is 4.38. The maximum atomic E-state index is 11.9. The summed E-state index contributed by atoms with van der Waals surface area (Å²) in [7, 11) is 0. The Bertz CT molecular complexity index is 894. The summed E-state index contributed by atoms with van der Waals surface area (Å²) in [4.78, 5) is 16.5. The van der Waals surface area contributed by atoms with Crippen LogP contribution in [0.3, 0.4) is 0 Å². The fourth-order valence-electron chi connectivity index (χ4n) is 2.81. The molecule has 0 aliphatic rings. The number of rotatable bonds is 4. The number of aryl methyl sites for hydroxylation is 2. The summed E-state index contributed by atoms with van der Waals surface area (Å²) in [6.07, 6.45) is 0.506. The number of hydrogen-bond acceptors (Lipinski definition) is 3. The van der Waals surface area contributed by atoms with E-state index in [1.807, 2.05) is 58.0 Å². The number of nitrogens with zero attached hydrogens (tertiary/aromatic N) is 1. The van der Waals surface area contributed by atoms with Crippen LogP contribution in [0, 0.1) is 19.8 Å². The Morgan fingerprint density at radius 3 is 2.75 bits per heavy atom. The van der Waals surface area contributed by atoms with Gasteiger partial charge in [-0.1, -0.05) is 26.0 Å². The second-order valence-corrected chi connectivity index (χ2v) is 6.68. The van der Waals surface area contributed by atoms with E-state index < -0.39 is 0 Å². The van der Waals surface area contributed by atoms with Gasteiger partial charge in [0.15, 0.2) is 5.58 Å². The van der Waals surface area contributed by atoms with Crippen molar-refractivity contribution < 1.29 is 9.21 Å². The zero-order chi connectivity index (χ0) is 17.3. The van der Waals surface area contributed by atoms with Crippen LogP contribution in [0.15, 0.2) is 40.8 Å². The highest BCUT2D eigenvalue weighted by molar-refractivity contribution is 5.91. The minimum absolute atomic E-state index is 0.0196. The molecule has 0 aliphatic heterocycles. The predicted molar refractivity (Wildman–Crippen MR) is 97.0 cm³/mol. The first-order valence-electron chi connectivity index (χ1n) is 8.20. The molecule has 4 nitrogen and oxygen atoms in total. The van der Waals surface area contributed by atoms with Crippen LogP contribution in [0.2, 0.25) is 0 Å². The second kappa shape index (κ2) is 6.48. The summed E-state index contributed by atoms with van der Waals surface area (Å²) in [6, 6.07) is 11.7. The van der Waals surface area contributed by atoms with Crippen LogP contribution >= 0.6 is 0 Å². The van der Waals surface area contributed by atoms with Gasteiger partial charge >= 0.3 is 0 Å². The quantitative estimate of drug-likeness (QED) is 0.727. The number of anilines is 1. The van der Waals surface area contributed by atoms with Crippen molar-refractivity contribution in [3.05, 3.63) is 47.5 Å². The first-order valence-corrected chi connectivity index (χ1v) is 8.20. The standard InChI is InChI=1S/C20H22N2O2/c1-12(2)8-18(23)21-16-7-5-6-15(11-16)20-22-17-10-13(3)9-14(4)19(17)24-20/h5-7,9-12H,8H2,1-4H3,(H,21,23). The van der Waals surface area contributed by atoms with Crippen molar-refractivity contribution in [1.29, 1.82) is 0 Å². The highest BCUT2D eigenvalue weighted by atomic mass is 16.3. The van der Waals surface area contributed by atoms with Crippen molar-refractivity contribution in [3.63, 3.8) is 0 Å². The molecule has 124 valence electrons. The molecule has 0 aliphatic carbocycles. The Hall–Kier alpha value is -2.62. The summed E-state index contributed by atoms with van der Waals surface area (Å²) < 4.78 is 5.94. The molecule has 1 heterocycles. The van der Waals surface area contributed by atoms with Gasteiger partial charge in [-0.2, -0.15) is 0 Å². The maximum absolute atomic E-state index is 11.9. The van der Waals surface area contributed by atoms with E-state index in [1.165, 1.54) is 0 Å². The molecule has 24 heavy (non-hydrogen) atoms. The van der Waals surface area contributed by atoms with Crippen molar-refractivity contribution >= 4 is 22.7 Å². The number of carbonyl (C=O) groups is 1. The van der Waals surface area contributed by atoms with E-state index in [0.717, 1.165) is 33.5 Å². The molecule has 0 saturated heterocycles. The molecule has 0 atom stereocenters. The van der Waals surface area contributed by atoms with Crippen LogP contribution in [0.1, 0.15) is 31.4 Å². The Morgan fingerprint density at radius 1 is 1.21 bits per heavy atom. The lowest BCUT2D eigenvalue weighted by atomic mass is 10.1. The fourth-order valence-corrected chi connectivity index (χ4v) is 2.81. The van der Waals surface area contributed by atoms with E-state index in [0.29, 0.717) is 18.2 Å². The van der Waals surface area contributed by atoms with Crippen LogP contribution in [0.5, 0.6) is 0 Å². The Morgan fingerprint density at radius 2 is 2.00 bits per heavy atom. The van der Waals surface area contributed by atoms with E-state index in [4.69, 9.17) is 4.42 Å². The summed E-state index contributed by atoms with van der Waals surface area (Å²) in [5.41, 5.74) is 5.51. The molecular weight excluding hydrogens is 300 g/mol. The topological polar surface area (TPSA) is 55.1 Å². The van der Waals surface area contributed by atoms with Gasteiger partial charge in [0.05, 0.1) is 0 Å². The van der Waals surface area contributed by atoms with Gasteiger partial charge in [0.1, 0.15) is 5.52 Å². The molecule has 0 fully saturated rings. The molecule has 0 unspecified atom stereocenters. The average Bonchev–Trinajstić information content (AvgIpc) is 2.90. The lowest BCUT2D eigenvalue weighted by molar-refractivity contribution is -0.116. The van der Waals surface area contributed by atoms with Gasteiger partial charge in [-0.3, -0.25) is 4.79 Å². The largest absolute Gasteiger partial charge is 0.436 e. The van der Waals surface area contributed by atoms with Crippen molar-refractivity contribution in [2.45, 2.75) is 34.1 Å². The number of hydrogen-bond donors (Lipinski definition) is 1. The minimum atomic E-state index is 0.0196. The van der Waals surface area contributed by atoms with Gasteiger partial charge in [-0.05, 0) is 55.2 Å². The summed E-state index contributed by atoms with van der Waals surface area (Å²) >= 11 is 0. The van der Waals surface area contributed by atoms with E-state index in [-0.39, 0.29) is 5.91 Å². The molecule has 4 heteroatoms. The monoisotopic (exact) mass is 322 g/mol. The third-order valence-corrected chi connectivity index (χ3v) is 3.81. The van der Waals surface area contributed by atoms with Crippen LogP contribution in [-0.2, 0) is 4.79 Å². The number of aromatic nitrogens is 1. The summed E-state index contributed by atoms with van der Waals surface area (Å²) in [5.74, 6) is 0.918. The normalized spacial score (nSPS) is 11.2. The fraction of sp³-hybridized carbons (Fsp3) is 0.300. The van der Waals surface area contributed by atoms with Crippen molar-refractivity contribution in [2.24, 2.45) is 5.92 Å². The maximum Gasteiger partial charge on any atom is 0.227 e. The highest BCUT2D eigenvalue weighted by Gasteiger charge is 2.12. The number of oxazole rings is 1. The zero-order valence-corrected chi connectivity index (χ0v) is 14.5. The number of fused-ring (bicyclic) bond motifs is 1. The lowest BCUT2D eigenvalue weighted by Crippen LogP contribution is -2.13. The van der Waals surface area contributed by atoms with Crippen LogP contribution in [-0.4, -0.2) is 10.9 Å². The second-order valence-electron chi connectivity index (χ2n) is 6.68. The van der Waals surface area contributed by atoms with Gasteiger partial charge in [0.25, 0.3) is 0 Å². The van der Waals surface area contributed by atoms with Crippen LogP contribution < -0.4 is 5.32 Å². The molecule has 0 saturated carbocycles. The third kappa shape index (κ3) is 3.48. The van der Waals surface area contributed by atoms with Gasteiger partial charge in [0, 0.05) is 17.7 Å². The van der Waals surface area contributed by atoms with E-state index >= 15 is 0 Å². The summed E-state index contributed by atoms with van der Waals surface area (Å²) in [5, 5.41) is 2.93. The molecule has 2 aromatic carbocycles. The van der Waals surface area contributed by atoms with Crippen LogP contribution in [0.4, 0.5) is 5.69 Å². The molecular formula is C20H22N2O2. The third-order valence-electron chi connectivity index (χ3n) is 3.81. The van der Waals surface area contributed by atoms with E-state index in [2.05, 4.69) is 16.4 Å². The molecule has 3 rings (SSSR count). The van der Waals surface area contributed by atoms with Crippen molar-refractivity contribution in [1.82, 2.24) is 4.98 Å². The molecule has 1 amide bonds. The number of nitrogens with one attached hydrogen (secondary N) is 1. The van der Waals surface area contributed by atoms with E-state index in [9.17, 15) is 4.79 Å². The number of amides is 1. The van der Waals surface area contributed by atoms with Crippen molar-refractivity contribution in [3.8, 4) is 11.5 Å². The Balaban J connectivity index is 1.91. The zero-order valence-electron chi connectivity index (χ0n) is 14.5. The van der Waals surface area contributed by atoms with Crippen LogP contribution in [0.25, 0.3) is 22.6 Å². The SMILES string of the molecule is Cc1cc(C)c2oc(-c3cccc(NC(=O)CC(C)C)c3)nc2c1. The molecule has 1 aromatic heterocycles. The van der Waals surface area contributed by atoms with Gasteiger partial charge < -0.3 is 9.73 Å². The lowest BCUT2D eigenvalue weighted by Gasteiger charge is -2.07. The van der Waals surface area contributed by atoms with Gasteiger partial charge in [-0.15, -0.1) is 0 Å². The van der Waals surface area contributed by atoms with Crippen molar-refractivity contribution in [2.75, 3.05) is 5.32 Å². The summed E-state index contributed by atoms with van der Waals surface area (Å²) in [6.45, 7) is 8.12. The minimum Gasteiger partial charge on any atom is -0.436 e. The molecule has 1 N–H and O–H groups in total. The number of benzene rings is 2. The molecule has 3 aromatic rings. The smallest absolute Gasteiger partial charge is 0.227 e. The molecule has 0 bridgehead atoms. The number of carbonyl (C=O) groups excluding carboxylic acids is 1. The first-order chi connectivity index (χ1) is 11.4. The highest BCUT2D eigenvalue weighted by Crippen LogP contribution is 2.28. The molecule has 0 radical (unpaired) electrons. The average molecular weight is 322 g/mol. The first kappa shape index (κ1) is 16.2. The van der Waals surface area contributed by atoms with Gasteiger partial charge in [0.2, 0.25) is 11.8 Å². The van der Waals surface area contributed by atoms with Gasteiger partial charge in [-0.25, -0.2) is 4.98 Å². The predicted octanol–water partition coefficient (Wildman–Crippen LogP) is 5.10.